The molecule has 0 saturated carbocycles. The van der Waals surface area contributed by atoms with Gasteiger partial charge in [-0.2, -0.15) is 5.10 Å². The van der Waals surface area contributed by atoms with Crippen molar-refractivity contribution in [3.63, 3.8) is 0 Å². The van der Waals surface area contributed by atoms with E-state index in [1.165, 1.54) is 0 Å². The summed E-state index contributed by atoms with van der Waals surface area (Å²) >= 11 is 0. The maximum Gasteiger partial charge on any atom is 0.239 e. The molecule has 2 aliphatic rings. The molecule has 0 bridgehead atoms. The average molecular weight is 311 g/mol. The summed E-state index contributed by atoms with van der Waals surface area (Å²) in [4.78, 5) is 26.8. The standard InChI is InChI=1S/C16H17N5O2/c22-12(9-21-7-5-17-6-8-21)18-16-13-14(19-20-16)10-3-1-2-4-11(10)15(13)23/h1-4,17H,5-9H2,(H2,18,19,20,22). The zero-order chi connectivity index (χ0) is 15.8. The average Bonchev–Trinajstić information content (AvgIpc) is 3.09. The molecular formula is C16H17N5O2. The van der Waals surface area contributed by atoms with Gasteiger partial charge in [0.25, 0.3) is 0 Å². The second kappa shape index (κ2) is 5.60. The monoisotopic (exact) mass is 311 g/mol. The lowest BCUT2D eigenvalue weighted by Gasteiger charge is -2.26. The summed E-state index contributed by atoms with van der Waals surface area (Å²) in [6, 6.07) is 7.38. The molecule has 23 heavy (non-hydrogen) atoms. The quantitative estimate of drug-likeness (QED) is 0.654. The van der Waals surface area contributed by atoms with Gasteiger partial charge in [0, 0.05) is 37.3 Å². The predicted molar refractivity (Wildman–Crippen MR) is 85.4 cm³/mol. The first kappa shape index (κ1) is 14.1. The lowest BCUT2D eigenvalue weighted by atomic mass is 10.1. The zero-order valence-electron chi connectivity index (χ0n) is 12.6. The SMILES string of the molecule is O=C(CN1CCNCC1)Nc1n[nH]c2c1C(=O)c1ccccc1-2. The minimum atomic E-state index is -0.148. The third kappa shape index (κ3) is 2.43. The van der Waals surface area contributed by atoms with Gasteiger partial charge in [-0.05, 0) is 0 Å². The van der Waals surface area contributed by atoms with E-state index >= 15 is 0 Å². The van der Waals surface area contributed by atoms with Crippen LogP contribution in [-0.2, 0) is 4.79 Å². The fourth-order valence-electron chi connectivity index (χ4n) is 3.13. The van der Waals surface area contributed by atoms with Gasteiger partial charge in [-0.15, -0.1) is 0 Å². The van der Waals surface area contributed by atoms with E-state index < -0.39 is 0 Å². The first-order chi connectivity index (χ1) is 11.2. The summed E-state index contributed by atoms with van der Waals surface area (Å²) in [5.41, 5.74) is 2.62. The van der Waals surface area contributed by atoms with Gasteiger partial charge in [0.2, 0.25) is 5.91 Å². The molecule has 0 spiro atoms. The third-order valence-electron chi connectivity index (χ3n) is 4.27. The van der Waals surface area contributed by atoms with Crippen molar-refractivity contribution in [3.8, 4) is 11.3 Å². The number of carbonyl (C=O) groups excluding carboxylic acids is 2. The molecule has 4 rings (SSSR count). The number of fused-ring (bicyclic) bond motifs is 3. The van der Waals surface area contributed by atoms with Crippen molar-refractivity contribution in [2.24, 2.45) is 0 Å². The minimum Gasteiger partial charge on any atom is -0.314 e. The zero-order valence-corrected chi connectivity index (χ0v) is 12.6. The number of anilines is 1. The Morgan fingerprint density at radius 3 is 2.74 bits per heavy atom. The van der Waals surface area contributed by atoms with Crippen LogP contribution < -0.4 is 10.6 Å². The van der Waals surface area contributed by atoms with Gasteiger partial charge >= 0.3 is 0 Å². The van der Waals surface area contributed by atoms with E-state index in [-0.39, 0.29) is 11.7 Å². The van der Waals surface area contributed by atoms with E-state index in [1.54, 1.807) is 6.07 Å². The number of nitrogens with one attached hydrogen (secondary N) is 3. The summed E-state index contributed by atoms with van der Waals surface area (Å²) in [6.07, 6.45) is 0. The molecule has 1 aromatic heterocycles. The Morgan fingerprint density at radius 1 is 1.22 bits per heavy atom. The van der Waals surface area contributed by atoms with Crippen molar-refractivity contribution in [3.05, 3.63) is 35.4 Å². The number of aromatic nitrogens is 2. The number of amides is 1. The lowest BCUT2D eigenvalue weighted by Crippen LogP contribution is -2.46. The highest BCUT2D eigenvalue weighted by molar-refractivity contribution is 6.24. The van der Waals surface area contributed by atoms with Gasteiger partial charge in [0.15, 0.2) is 11.6 Å². The van der Waals surface area contributed by atoms with E-state index in [0.29, 0.717) is 29.2 Å². The topological polar surface area (TPSA) is 90.1 Å². The van der Waals surface area contributed by atoms with Crippen LogP contribution in [0.15, 0.2) is 24.3 Å². The number of H-pyrrole nitrogens is 1. The van der Waals surface area contributed by atoms with Crippen molar-refractivity contribution < 1.29 is 9.59 Å². The van der Waals surface area contributed by atoms with E-state index in [2.05, 4.69) is 25.7 Å². The molecule has 1 fully saturated rings. The van der Waals surface area contributed by atoms with E-state index in [9.17, 15) is 9.59 Å². The molecule has 1 aliphatic heterocycles. The maximum atomic E-state index is 12.5. The van der Waals surface area contributed by atoms with Gasteiger partial charge in [-0.25, -0.2) is 0 Å². The summed E-state index contributed by atoms with van der Waals surface area (Å²) in [7, 11) is 0. The van der Waals surface area contributed by atoms with Crippen molar-refractivity contribution in [1.82, 2.24) is 20.4 Å². The van der Waals surface area contributed by atoms with E-state index in [4.69, 9.17) is 0 Å². The van der Waals surface area contributed by atoms with E-state index in [0.717, 1.165) is 31.7 Å². The first-order valence-electron chi connectivity index (χ1n) is 7.69. The highest BCUT2D eigenvalue weighted by Crippen LogP contribution is 2.38. The van der Waals surface area contributed by atoms with E-state index in [1.807, 2.05) is 18.2 Å². The largest absolute Gasteiger partial charge is 0.314 e. The molecule has 0 atom stereocenters. The van der Waals surface area contributed by atoms with Crippen molar-refractivity contribution in [2.75, 3.05) is 38.0 Å². The Balaban J connectivity index is 1.53. The van der Waals surface area contributed by atoms with Crippen LogP contribution in [0.2, 0.25) is 0 Å². The number of carbonyl (C=O) groups is 2. The van der Waals surface area contributed by atoms with Crippen molar-refractivity contribution in [1.29, 1.82) is 0 Å². The maximum absolute atomic E-state index is 12.5. The molecule has 2 heterocycles. The van der Waals surface area contributed by atoms with Crippen LogP contribution in [0.3, 0.4) is 0 Å². The minimum absolute atomic E-state index is 0.0955. The molecule has 1 aliphatic carbocycles. The number of benzene rings is 1. The van der Waals surface area contributed by atoms with Crippen LogP contribution >= 0.6 is 0 Å². The second-order valence-electron chi connectivity index (χ2n) is 5.77. The normalized spacial score (nSPS) is 17.0. The molecule has 7 heteroatoms. The molecule has 3 N–H and O–H groups in total. The van der Waals surface area contributed by atoms with Gasteiger partial charge in [0.05, 0.1) is 17.8 Å². The molecule has 0 radical (unpaired) electrons. The molecular weight excluding hydrogens is 294 g/mol. The molecule has 7 nitrogen and oxygen atoms in total. The lowest BCUT2D eigenvalue weighted by molar-refractivity contribution is -0.117. The Bertz CT molecular complexity index is 777. The van der Waals surface area contributed by atoms with Crippen molar-refractivity contribution in [2.45, 2.75) is 0 Å². The Morgan fingerprint density at radius 2 is 1.96 bits per heavy atom. The summed E-state index contributed by atoms with van der Waals surface area (Å²) in [6.45, 7) is 3.77. The fraction of sp³-hybridized carbons (Fsp3) is 0.312. The molecule has 1 aromatic carbocycles. The Hall–Kier alpha value is -2.51. The fourth-order valence-corrected chi connectivity index (χ4v) is 3.13. The first-order valence-corrected chi connectivity index (χ1v) is 7.69. The summed E-state index contributed by atoms with van der Waals surface area (Å²) in [5, 5.41) is 13.0. The molecule has 118 valence electrons. The van der Waals surface area contributed by atoms with Crippen molar-refractivity contribution >= 4 is 17.5 Å². The van der Waals surface area contributed by atoms with Crippen LogP contribution in [0.4, 0.5) is 5.82 Å². The second-order valence-corrected chi connectivity index (χ2v) is 5.77. The number of nitrogens with zero attached hydrogens (tertiary/aromatic N) is 2. The number of ketones is 1. The highest BCUT2D eigenvalue weighted by atomic mass is 16.2. The molecule has 1 saturated heterocycles. The van der Waals surface area contributed by atoms with Crippen LogP contribution in [0, 0.1) is 0 Å². The highest BCUT2D eigenvalue weighted by Gasteiger charge is 2.32. The molecule has 0 unspecified atom stereocenters. The summed E-state index contributed by atoms with van der Waals surface area (Å²) in [5.74, 6) is 0.0770. The predicted octanol–water partition coefficient (Wildman–Crippen LogP) is 0.465. The number of hydrogen-bond acceptors (Lipinski definition) is 5. The number of aromatic amines is 1. The van der Waals surface area contributed by atoms with Gasteiger partial charge in [-0.3, -0.25) is 19.6 Å². The Labute approximate surface area is 133 Å². The molecule has 2 aromatic rings. The van der Waals surface area contributed by atoms with Crippen LogP contribution in [-0.4, -0.2) is 59.5 Å². The number of rotatable bonds is 3. The van der Waals surface area contributed by atoms with Gasteiger partial charge in [0.1, 0.15) is 0 Å². The number of piperazine rings is 1. The number of hydrogen-bond donors (Lipinski definition) is 3. The Kier molecular flexibility index (Phi) is 3.44. The third-order valence-corrected chi connectivity index (χ3v) is 4.27. The van der Waals surface area contributed by atoms with Gasteiger partial charge in [-0.1, -0.05) is 24.3 Å². The van der Waals surface area contributed by atoms with Crippen LogP contribution in [0.25, 0.3) is 11.3 Å². The summed E-state index contributed by atoms with van der Waals surface area (Å²) < 4.78 is 0. The van der Waals surface area contributed by atoms with Gasteiger partial charge < -0.3 is 10.6 Å². The molecule has 1 amide bonds. The van der Waals surface area contributed by atoms with Crippen LogP contribution in [0.1, 0.15) is 15.9 Å². The smallest absolute Gasteiger partial charge is 0.239 e. The van der Waals surface area contributed by atoms with Crippen LogP contribution in [0.5, 0.6) is 0 Å².